The van der Waals surface area contributed by atoms with Crippen molar-refractivity contribution >= 4 is 29.9 Å². The Kier molecular flexibility index (Phi) is 10.4. The number of nitrogens with one attached hydrogen (secondary N) is 1. The van der Waals surface area contributed by atoms with Gasteiger partial charge in [-0.15, -0.1) is 0 Å². The van der Waals surface area contributed by atoms with E-state index in [0.717, 1.165) is 16.7 Å². The van der Waals surface area contributed by atoms with Gasteiger partial charge in [-0.05, 0) is 47.3 Å². The third-order valence-corrected chi connectivity index (χ3v) is 11.8. The Labute approximate surface area is 303 Å². The van der Waals surface area contributed by atoms with E-state index in [1.807, 2.05) is 84.9 Å². The van der Waals surface area contributed by atoms with Crippen LogP contribution in [0.5, 0.6) is 11.5 Å². The summed E-state index contributed by atoms with van der Waals surface area (Å²) < 4.78 is 40.0. The molecule has 1 aromatic heterocycles. The van der Waals surface area contributed by atoms with Crippen molar-refractivity contribution in [1.29, 1.82) is 5.26 Å². The summed E-state index contributed by atoms with van der Waals surface area (Å²) in [5.74, 6) is 0.926. The molecule has 1 unspecified atom stereocenters. The molecule has 0 saturated carbocycles. The molecule has 0 bridgehead atoms. The van der Waals surface area contributed by atoms with Crippen LogP contribution >= 0.6 is 18.2 Å². The van der Waals surface area contributed by atoms with Crippen LogP contribution in [0.3, 0.4) is 0 Å². The van der Waals surface area contributed by atoms with E-state index in [-0.39, 0.29) is 31.0 Å². The van der Waals surface area contributed by atoms with Crippen molar-refractivity contribution in [3.05, 3.63) is 154 Å². The number of nitriles is 1. The van der Waals surface area contributed by atoms with Gasteiger partial charge in [0.25, 0.3) is 5.91 Å². The molecule has 1 saturated heterocycles. The molecule has 1 amide bonds. The van der Waals surface area contributed by atoms with Crippen molar-refractivity contribution in [2.75, 3.05) is 17.7 Å². The summed E-state index contributed by atoms with van der Waals surface area (Å²) in [4.78, 5) is 40.9. The number of nitrogens with zero attached hydrogens (tertiary/aromatic N) is 3. The lowest BCUT2D eigenvalue weighted by atomic mass is 9.77. The number of amides is 1. The standard InChI is InChI=1S/C38H33N4O8PS/c39-21-11-23-52-51(45,46)50-32-24-35(42-22-20-34(41-37(42)44)40-36(43)26-12-3-1-4-13-26)49-33(32)25-47-38(27-14-5-2-6-15-27)28-16-7-9-18-30(28)48-31-19-10-8-17-29(31)38/h1-10,12-20,22,32-33,35H,11,23-25H2,(H,45,46)(H,40,41,43,44)/t32-,33+,35+/m0/s1. The first-order valence-corrected chi connectivity index (χ1v) is 19.6. The number of hydrogen-bond acceptors (Lipinski definition) is 10. The molecule has 14 heteroatoms. The molecule has 0 radical (unpaired) electrons. The Bertz CT molecular complexity index is 2170. The number of hydrogen-bond donors (Lipinski definition) is 2. The van der Waals surface area contributed by atoms with E-state index < -0.39 is 42.4 Å². The normalized spacial score (nSPS) is 19.7. The minimum atomic E-state index is -4.27. The zero-order chi connectivity index (χ0) is 36.1. The molecule has 2 N–H and O–H groups in total. The second-order valence-corrected chi connectivity index (χ2v) is 16.0. The lowest BCUT2D eigenvalue weighted by Gasteiger charge is -2.41. The molecule has 7 rings (SSSR count). The molecule has 2 aliphatic heterocycles. The Morgan fingerprint density at radius 1 is 0.981 bits per heavy atom. The zero-order valence-electron chi connectivity index (χ0n) is 27.6. The maximum atomic E-state index is 13.3. The van der Waals surface area contributed by atoms with Gasteiger partial charge in [-0.2, -0.15) is 10.2 Å². The van der Waals surface area contributed by atoms with Crippen LogP contribution in [0.1, 0.15) is 46.1 Å². The summed E-state index contributed by atoms with van der Waals surface area (Å²) in [6.07, 6.45) is -1.39. The molecule has 12 nitrogen and oxygen atoms in total. The van der Waals surface area contributed by atoms with Gasteiger partial charge in [0.1, 0.15) is 35.8 Å². The first-order valence-electron chi connectivity index (χ1n) is 16.5. The summed E-state index contributed by atoms with van der Waals surface area (Å²) in [5, 5.41) is 11.6. The van der Waals surface area contributed by atoms with Crippen molar-refractivity contribution in [3.63, 3.8) is 0 Å². The average molecular weight is 737 g/mol. The minimum Gasteiger partial charge on any atom is -0.457 e. The first-order chi connectivity index (χ1) is 25.3. The van der Waals surface area contributed by atoms with E-state index in [9.17, 15) is 19.0 Å². The molecule has 4 aromatic carbocycles. The van der Waals surface area contributed by atoms with Gasteiger partial charge in [-0.25, -0.2) is 9.36 Å². The van der Waals surface area contributed by atoms with Gasteiger partial charge in [-0.3, -0.25) is 13.9 Å². The highest BCUT2D eigenvalue weighted by Crippen LogP contribution is 2.59. The van der Waals surface area contributed by atoms with Crippen LogP contribution < -0.4 is 15.7 Å². The summed E-state index contributed by atoms with van der Waals surface area (Å²) >= 11 is 0.654. The topological polar surface area (TPSA) is 162 Å². The predicted molar refractivity (Wildman–Crippen MR) is 194 cm³/mol. The summed E-state index contributed by atoms with van der Waals surface area (Å²) in [6, 6.07) is 36.8. The number of rotatable bonds is 12. The third kappa shape index (κ3) is 7.31. The van der Waals surface area contributed by atoms with Gasteiger partial charge >= 0.3 is 12.5 Å². The molecule has 2 aliphatic rings. The number of aromatic nitrogens is 2. The number of benzene rings is 4. The number of anilines is 1. The van der Waals surface area contributed by atoms with E-state index in [2.05, 4.69) is 10.3 Å². The lowest BCUT2D eigenvalue weighted by Crippen LogP contribution is -2.40. The molecule has 3 heterocycles. The molecule has 1 fully saturated rings. The van der Waals surface area contributed by atoms with Crippen LogP contribution in [-0.2, 0) is 24.2 Å². The number of fused-ring (bicyclic) bond motifs is 2. The van der Waals surface area contributed by atoms with E-state index in [0.29, 0.717) is 28.4 Å². The molecule has 264 valence electrons. The van der Waals surface area contributed by atoms with Crippen molar-refractivity contribution in [3.8, 4) is 17.6 Å². The SMILES string of the molecule is N#CCCSP(=O)(O)O[C@H]1C[C@H](n2ccc(NC(=O)c3ccccc3)nc2=O)O[C@@H]1COC1(c2ccccc2)c2ccccc2Oc2ccccc21. The van der Waals surface area contributed by atoms with Crippen molar-refractivity contribution < 1.29 is 33.0 Å². The largest absolute Gasteiger partial charge is 0.457 e. The van der Waals surface area contributed by atoms with Crippen LogP contribution in [0.15, 0.2) is 126 Å². The van der Waals surface area contributed by atoms with Gasteiger partial charge in [0.2, 0.25) is 0 Å². The molecule has 5 aromatic rings. The Hall–Kier alpha value is -5.06. The van der Waals surface area contributed by atoms with Crippen molar-refractivity contribution in [2.45, 2.75) is 36.9 Å². The van der Waals surface area contributed by atoms with Gasteiger partial charge in [0, 0.05) is 41.5 Å². The van der Waals surface area contributed by atoms with Crippen LogP contribution in [0.2, 0.25) is 0 Å². The van der Waals surface area contributed by atoms with Crippen molar-refractivity contribution in [2.24, 2.45) is 0 Å². The number of ether oxygens (including phenoxy) is 3. The highest BCUT2D eigenvalue weighted by atomic mass is 32.7. The zero-order valence-corrected chi connectivity index (χ0v) is 29.3. The first kappa shape index (κ1) is 35.3. The third-order valence-electron chi connectivity index (χ3n) is 8.73. The van der Waals surface area contributed by atoms with Crippen LogP contribution in [-0.4, -0.2) is 44.9 Å². The highest BCUT2D eigenvalue weighted by Gasteiger charge is 2.48. The maximum absolute atomic E-state index is 13.3. The van der Waals surface area contributed by atoms with E-state index in [1.165, 1.54) is 16.8 Å². The Morgan fingerprint density at radius 3 is 2.27 bits per heavy atom. The number of carbonyl (C=O) groups excluding carboxylic acids is 1. The Morgan fingerprint density at radius 2 is 1.62 bits per heavy atom. The second-order valence-electron chi connectivity index (χ2n) is 12.0. The second kappa shape index (κ2) is 15.3. The minimum absolute atomic E-state index is 0.00329. The molecule has 4 atom stereocenters. The van der Waals surface area contributed by atoms with Crippen LogP contribution in [0.4, 0.5) is 5.82 Å². The maximum Gasteiger partial charge on any atom is 0.386 e. The van der Waals surface area contributed by atoms with Crippen LogP contribution in [0, 0.1) is 11.3 Å². The molecular weight excluding hydrogens is 703 g/mol. The molecule has 0 aliphatic carbocycles. The van der Waals surface area contributed by atoms with Gasteiger partial charge < -0.3 is 24.4 Å². The molecule has 52 heavy (non-hydrogen) atoms. The molecule has 0 spiro atoms. The summed E-state index contributed by atoms with van der Waals surface area (Å²) in [5.41, 5.74) is 0.832. The van der Waals surface area contributed by atoms with Gasteiger partial charge in [-0.1, -0.05) is 84.9 Å². The van der Waals surface area contributed by atoms with E-state index in [4.69, 9.17) is 24.0 Å². The highest BCUT2D eigenvalue weighted by molar-refractivity contribution is 8.54. The average Bonchev–Trinajstić information content (AvgIpc) is 3.55. The van der Waals surface area contributed by atoms with Crippen molar-refractivity contribution in [1.82, 2.24) is 9.55 Å². The van der Waals surface area contributed by atoms with E-state index in [1.54, 1.807) is 30.3 Å². The fraction of sp³-hybridized carbons (Fsp3) is 0.211. The number of para-hydroxylation sites is 2. The summed E-state index contributed by atoms with van der Waals surface area (Å²) in [7, 11) is 0. The lowest BCUT2D eigenvalue weighted by molar-refractivity contribution is -0.0936. The van der Waals surface area contributed by atoms with E-state index >= 15 is 0 Å². The number of carbonyl (C=O) groups is 1. The quantitative estimate of drug-likeness (QED) is 0.0999. The van der Waals surface area contributed by atoms with Gasteiger partial charge in [0.05, 0.1) is 12.7 Å². The monoisotopic (exact) mass is 736 g/mol. The fourth-order valence-corrected chi connectivity index (χ4v) is 8.92. The predicted octanol–water partition coefficient (Wildman–Crippen LogP) is 7.03. The summed E-state index contributed by atoms with van der Waals surface area (Å²) in [6.45, 7) is -4.40. The fourth-order valence-electron chi connectivity index (χ4n) is 6.41. The van der Waals surface area contributed by atoms with Gasteiger partial charge in [0.15, 0.2) is 5.60 Å². The van der Waals surface area contributed by atoms with Crippen LogP contribution in [0.25, 0.3) is 0 Å². The smallest absolute Gasteiger partial charge is 0.386 e. The Balaban J connectivity index is 1.20. The molecular formula is C38H33N4O8PS.